The largest absolute Gasteiger partial charge is 0.326 e. The number of carbonyl (C=O) groups excluding carboxylic acids is 3. The number of hydrogen-bond donors (Lipinski definition) is 3. The Morgan fingerprint density at radius 2 is 1.80 bits per heavy atom. The fourth-order valence-corrected chi connectivity index (χ4v) is 5.94. The lowest BCUT2D eigenvalue weighted by Crippen LogP contribution is -2.42. The first-order valence-electron chi connectivity index (χ1n) is 14.3. The molecule has 6 heterocycles. The number of anilines is 4. The van der Waals surface area contributed by atoms with Gasteiger partial charge in [-0.1, -0.05) is 12.1 Å². The maximum atomic E-state index is 13.7. The van der Waals surface area contributed by atoms with Crippen molar-refractivity contribution < 1.29 is 18.8 Å². The first-order valence-corrected chi connectivity index (χ1v) is 14.3. The summed E-state index contributed by atoms with van der Waals surface area (Å²) in [5.74, 6) is -0.189. The fourth-order valence-electron chi connectivity index (χ4n) is 5.94. The zero-order valence-corrected chi connectivity index (χ0v) is 23.1. The van der Waals surface area contributed by atoms with Crippen molar-refractivity contribution in [3.05, 3.63) is 89.8 Å². The van der Waals surface area contributed by atoms with Crippen molar-refractivity contribution in [3.8, 4) is 0 Å². The van der Waals surface area contributed by atoms with Crippen molar-refractivity contribution >= 4 is 46.8 Å². The summed E-state index contributed by atoms with van der Waals surface area (Å²) in [6, 6.07) is 13.3. The van der Waals surface area contributed by atoms with E-state index in [9.17, 15) is 18.8 Å². The van der Waals surface area contributed by atoms with Gasteiger partial charge in [-0.15, -0.1) is 0 Å². The second kappa shape index (κ2) is 9.97. The van der Waals surface area contributed by atoms with Gasteiger partial charge in [-0.3, -0.25) is 28.8 Å². The molecule has 3 amide bonds. The number of benzene rings is 1. The number of aromatic nitrogens is 6. The number of carbonyl (C=O) groups is 3. The number of nitrogens with one attached hydrogen (secondary N) is 3. The van der Waals surface area contributed by atoms with Crippen molar-refractivity contribution in [1.82, 2.24) is 34.4 Å². The second-order valence-electron chi connectivity index (χ2n) is 11.1. The number of hydrogen-bond acceptors (Lipinski definition) is 9. The first kappa shape index (κ1) is 26.0. The number of rotatable bonds is 7. The molecule has 2 fully saturated rings. The molecule has 2 atom stereocenters. The minimum Gasteiger partial charge on any atom is -0.326 e. The number of aromatic amines is 1. The van der Waals surface area contributed by atoms with Crippen molar-refractivity contribution in [2.75, 3.05) is 22.1 Å². The molecule has 0 unspecified atom stereocenters. The van der Waals surface area contributed by atoms with Crippen molar-refractivity contribution in [2.24, 2.45) is 0 Å². The van der Waals surface area contributed by atoms with E-state index < -0.39 is 35.8 Å². The van der Waals surface area contributed by atoms with Gasteiger partial charge < -0.3 is 15.5 Å². The molecule has 13 nitrogen and oxygen atoms in total. The van der Waals surface area contributed by atoms with Crippen LogP contribution in [0, 0.1) is 5.95 Å². The highest BCUT2D eigenvalue weighted by molar-refractivity contribution is 6.21. The standard InChI is InChI=1S/C30H25FN10O3/c31-23-10-9-17(14-32-23)33-26(42)22-12-18(41-27(43)19-4-1-2-5-20(19)28(41)44)15-40(22)30-35-25-6-3-11-39(25)29(36-30)34-24-13-21(37-38-24)16-7-8-16/h1-6,9-11,13-14,16,18,22H,7-8,12,15H2,(H,33,42)(H2,34,35,36,37,38)/t18-,22-/m0/s1. The van der Waals surface area contributed by atoms with Crippen LogP contribution < -0.4 is 15.5 Å². The topological polar surface area (TPSA) is 154 Å². The average Bonchev–Trinajstić information content (AvgIpc) is 3.34. The molecule has 3 N–H and O–H groups in total. The molecule has 0 spiro atoms. The Balaban J connectivity index is 1.15. The van der Waals surface area contributed by atoms with Gasteiger partial charge in [0.05, 0.1) is 29.1 Å². The van der Waals surface area contributed by atoms with Gasteiger partial charge in [0, 0.05) is 30.4 Å². The predicted molar refractivity (Wildman–Crippen MR) is 156 cm³/mol. The molecule has 5 aromatic rings. The van der Waals surface area contributed by atoms with E-state index in [1.54, 1.807) is 33.6 Å². The monoisotopic (exact) mass is 592 g/mol. The van der Waals surface area contributed by atoms with Crippen molar-refractivity contribution in [1.29, 1.82) is 0 Å². The summed E-state index contributed by atoms with van der Waals surface area (Å²) in [5.41, 5.74) is 2.59. The average molecular weight is 593 g/mol. The van der Waals surface area contributed by atoms with Gasteiger partial charge in [-0.25, -0.2) is 4.98 Å². The third-order valence-electron chi connectivity index (χ3n) is 8.25. The summed E-state index contributed by atoms with van der Waals surface area (Å²) in [4.78, 5) is 56.5. The highest BCUT2D eigenvalue weighted by Crippen LogP contribution is 2.40. The lowest BCUT2D eigenvalue weighted by Gasteiger charge is -2.25. The molecule has 3 aliphatic rings. The van der Waals surface area contributed by atoms with Gasteiger partial charge in [0.1, 0.15) is 11.7 Å². The Morgan fingerprint density at radius 1 is 1.00 bits per heavy atom. The number of halogens is 1. The highest BCUT2D eigenvalue weighted by atomic mass is 19.1. The van der Waals surface area contributed by atoms with Crippen LogP contribution in [0.2, 0.25) is 0 Å². The van der Waals surface area contributed by atoms with E-state index in [0.717, 1.165) is 24.6 Å². The molecule has 1 aromatic carbocycles. The van der Waals surface area contributed by atoms with Crippen LogP contribution in [-0.2, 0) is 4.79 Å². The highest BCUT2D eigenvalue weighted by Gasteiger charge is 2.47. The molecular weight excluding hydrogens is 567 g/mol. The smallest absolute Gasteiger partial charge is 0.261 e. The Kier molecular flexibility index (Phi) is 5.89. The maximum Gasteiger partial charge on any atom is 0.261 e. The van der Waals surface area contributed by atoms with E-state index in [-0.39, 0.29) is 18.9 Å². The van der Waals surface area contributed by atoms with E-state index in [0.29, 0.717) is 40.1 Å². The molecule has 220 valence electrons. The summed E-state index contributed by atoms with van der Waals surface area (Å²) < 4.78 is 15.2. The van der Waals surface area contributed by atoms with Gasteiger partial charge >= 0.3 is 0 Å². The summed E-state index contributed by atoms with van der Waals surface area (Å²) >= 11 is 0. The molecule has 14 heteroatoms. The summed E-state index contributed by atoms with van der Waals surface area (Å²) in [5, 5.41) is 13.5. The minimum atomic E-state index is -0.869. The minimum absolute atomic E-state index is 0.121. The molecule has 1 aliphatic carbocycles. The first-order chi connectivity index (χ1) is 21.4. The zero-order chi connectivity index (χ0) is 29.9. The Bertz CT molecular complexity index is 1920. The van der Waals surface area contributed by atoms with Crippen LogP contribution in [-0.4, -0.2) is 70.8 Å². The van der Waals surface area contributed by atoms with Crippen LogP contribution in [0.5, 0.6) is 0 Å². The Hall–Kier alpha value is -5.66. The van der Waals surface area contributed by atoms with Gasteiger partial charge in [-0.2, -0.15) is 19.5 Å². The number of nitrogens with zero attached hydrogens (tertiary/aromatic N) is 7. The normalized spacial score (nSPS) is 19.6. The number of pyridine rings is 1. The summed E-state index contributed by atoms with van der Waals surface area (Å²) in [6.45, 7) is 0.121. The van der Waals surface area contributed by atoms with Crippen LogP contribution in [0.3, 0.4) is 0 Å². The molecule has 0 bridgehead atoms. The van der Waals surface area contributed by atoms with E-state index in [4.69, 9.17) is 9.97 Å². The van der Waals surface area contributed by atoms with Crippen LogP contribution in [0.25, 0.3) is 5.65 Å². The quantitative estimate of drug-likeness (QED) is 0.190. The molecule has 2 aliphatic heterocycles. The second-order valence-corrected chi connectivity index (χ2v) is 11.1. The zero-order valence-electron chi connectivity index (χ0n) is 23.1. The molecule has 1 saturated carbocycles. The van der Waals surface area contributed by atoms with E-state index in [2.05, 4.69) is 25.8 Å². The molecule has 0 radical (unpaired) electrons. The van der Waals surface area contributed by atoms with Gasteiger partial charge in [-0.05, 0) is 55.7 Å². The molecular formula is C30H25FN10O3. The van der Waals surface area contributed by atoms with Gasteiger partial charge in [0.15, 0.2) is 5.82 Å². The SMILES string of the molecule is O=C(Nc1ccc(F)nc1)[C@@H]1C[C@H](N2C(=O)c3ccccc3C2=O)CN1c1nc(Nc2cc(C3CC3)[nH]n2)n2cccc2n1. The lowest BCUT2D eigenvalue weighted by molar-refractivity contribution is -0.117. The number of H-pyrrole nitrogens is 1. The Morgan fingerprint density at radius 3 is 2.52 bits per heavy atom. The number of fused-ring (bicyclic) bond motifs is 2. The molecule has 44 heavy (non-hydrogen) atoms. The molecule has 4 aromatic heterocycles. The number of amides is 3. The van der Waals surface area contributed by atoms with Crippen LogP contribution in [0.15, 0.2) is 67.0 Å². The van der Waals surface area contributed by atoms with Crippen LogP contribution in [0.4, 0.5) is 27.8 Å². The van der Waals surface area contributed by atoms with Crippen molar-refractivity contribution in [3.63, 3.8) is 0 Å². The van der Waals surface area contributed by atoms with Crippen LogP contribution >= 0.6 is 0 Å². The predicted octanol–water partition coefficient (Wildman–Crippen LogP) is 3.49. The summed E-state index contributed by atoms with van der Waals surface area (Å²) in [7, 11) is 0. The van der Waals surface area contributed by atoms with E-state index in [1.807, 2.05) is 24.4 Å². The Labute approximate surface area is 249 Å². The third kappa shape index (κ3) is 4.42. The van der Waals surface area contributed by atoms with Crippen molar-refractivity contribution in [2.45, 2.75) is 37.3 Å². The third-order valence-corrected chi connectivity index (χ3v) is 8.25. The number of imide groups is 1. The lowest BCUT2D eigenvalue weighted by atomic mass is 10.1. The van der Waals surface area contributed by atoms with Gasteiger partial charge in [0.25, 0.3) is 11.8 Å². The fraction of sp³-hybridized carbons (Fsp3) is 0.233. The van der Waals surface area contributed by atoms with E-state index >= 15 is 0 Å². The van der Waals surface area contributed by atoms with Crippen LogP contribution in [0.1, 0.15) is 51.6 Å². The van der Waals surface area contributed by atoms with E-state index in [1.165, 1.54) is 17.2 Å². The maximum absolute atomic E-state index is 13.7. The molecule has 8 rings (SSSR count). The molecule has 1 saturated heterocycles. The van der Waals surface area contributed by atoms with Gasteiger partial charge in [0.2, 0.25) is 23.8 Å². The summed E-state index contributed by atoms with van der Waals surface area (Å²) in [6.07, 6.45) is 5.42.